The van der Waals surface area contributed by atoms with Gasteiger partial charge in [0.1, 0.15) is 5.66 Å². The molecular weight excluding hydrogens is 304 g/mol. The molecule has 4 rings (SSSR count). The maximum atomic E-state index is 12.7. The zero-order valence-corrected chi connectivity index (χ0v) is 13.2. The monoisotopic (exact) mass is 322 g/mol. The van der Waals surface area contributed by atoms with Crippen molar-refractivity contribution in [3.05, 3.63) is 59.9 Å². The van der Waals surface area contributed by atoms with Crippen molar-refractivity contribution in [1.82, 2.24) is 15.2 Å². The van der Waals surface area contributed by atoms with Crippen LogP contribution in [0.1, 0.15) is 33.6 Å². The molecule has 2 aromatic rings. The third-order valence-electron chi connectivity index (χ3n) is 4.59. The highest BCUT2D eigenvalue weighted by atomic mass is 16.2. The molecule has 6 heteroatoms. The Bertz CT molecular complexity index is 793. The predicted octanol–water partition coefficient (Wildman–Crippen LogP) is 1.87. The summed E-state index contributed by atoms with van der Waals surface area (Å²) in [7, 11) is 0. The van der Waals surface area contributed by atoms with Crippen molar-refractivity contribution in [2.45, 2.75) is 18.5 Å². The molecule has 2 amide bonds. The fourth-order valence-electron chi connectivity index (χ4n) is 3.47. The molecule has 0 saturated carbocycles. The topological polar surface area (TPSA) is 74.3 Å². The number of fused-ring (bicyclic) bond motifs is 1. The smallest absolute Gasteiger partial charge is 0.255 e. The quantitative estimate of drug-likeness (QED) is 0.840. The molecule has 1 unspecified atom stereocenters. The van der Waals surface area contributed by atoms with E-state index in [4.69, 9.17) is 0 Å². The number of carbonyl (C=O) groups excluding carboxylic acids is 2. The first-order chi connectivity index (χ1) is 11.7. The second-order valence-corrected chi connectivity index (χ2v) is 6.28. The number of aromatic nitrogens is 1. The lowest BCUT2D eigenvalue weighted by Crippen LogP contribution is -2.66. The largest absolute Gasteiger partial charge is 0.361 e. The van der Waals surface area contributed by atoms with E-state index in [1.165, 1.54) is 0 Å². The molecule has 2 aliphatic rings. The summed E-state index contributed by atoms with van der Waals surface area (Å²) in [5.41, 5.74) is 1.41. The molecule has 0 radical (unpaired) electrons. The molecule has 24 heavy (non-hydrogen) atoms. The van der Waals surface area contributed by atoms with Crippen LogP contribution in [-0.2, 0) is 0 Å². The minimum atomic E-state index is -0.610. The summed E-state index contributed by atoms with van der Waals surface area (Å²) in [5, 5.41) is 6.50. The predicted molar refractivity (Wildman–Crippen MR) is 89.6 cm³/mol. The zero-order chi connectivity index (χ0) is 16.6. The molecule has 1 saturated heterocycles. The first-order valence-corrected chi connectivity index (χ1v) is 8.06. The Morgan fingerprint density at radius 3 is 2.88 bits per heavy atom. The number of piperidine rings is 1. The lowest BCUT2D eigenvalue weighted by atomic mass is 9.93. The van der Waals surface area contributed by atoms with E-state index in [9.17, 15) is 9.59 Å². The van der Waals surface area contributed by atoms with Gasteiger partial charge in [-0.05, 0) is 37.1 Å². The van der Waals surface area contributed by atoms with Crippen LogP contribution in [0.2, 0.25) is 0 Å². The summed E-state index contributed by atoms with van der Waals surface area (Å²) < 4.78 is 0. The van der Waals surface area contributed by atoms with Crippen LogP contribution in [0.5, 0.6) is 0 Å². The van der Waals surface area contributed by atoms with E-state index in [2.05, 4.69) is 15.6 Å². The van der Waals surface area contributed by atoms with Crippen molar-refractivity contribution in [3.8, 4) is 0 Å². The van der Waals surface area contributed by atoms with Crippen molar-refractivity contribution in [3.63, 3.8) is 0 Å². The number of hydrogen-bond donors (Lipinski definition) is 2. The van der Waals surface area contributed by atoms with Crippen LogP contribution in [0.4, 0.5) is 5.69 Å². The number of pyridine rings is 1. The van der Waals surface area contributed by atoms with Gasteiger partial charge in [0.2, 0.25) is 0 Å². The fourth-order valence-corrected chi connectivity index (χ4v) is 3.47. The lowest BCUT2D eigenvalue weighted by Gasteiger charge is -2.46. The molecule has 122 valence electrons. The molecule has 2 aliphatic heterocycles. The van der Waals surface area contributed by atoms with E-state index in [1.54, 1.807) is 35.5 Å². The second kappa shape index (κ2) is 5.63. The van der Waals surface area contributed by atoms with Gasteiger partial charge >= 0.3 is 0 Å². The molecule has 1 fully saturated rings. The van der Waals surface area contributed by atoms with E-state index < -0.39 is 5.66 Å². The van der Waals surface area contributed by atoms with Gasteiger partial charge in [-0.3, -0.25) is 14.6 Å². The second-order valence-electron chi connectivity index (χ2n) is 6.28. The third-order valence-corrected chi connectivity index (χ3v) is 4.59. The van der Waals surface area contributed by atoms with Crippen LogP contribution in [0.25, 0.3) is 0 Å². The normalized spacial score (nSPS) is 22.5. The summed E-state index contributed by atoms with van der Waals surface area (Å²) in [5.74, 6) is -0.155. The zero-order valence-electron chi connectivity index (χ0n) is 13.2. The number of anilines is 1. The van der Waals surface area contributed by atoms with Crippen LogP contribution in [0, 0.1) is 0 Å². The van der Waals surface area contributed by atoms with E-state index in [0.717, 1.165) is 18.5 Å². The third kappa shape index (κ3) is 2.50. The number of nitrogens with one attached hydrogen (secondary N) is 2. The first-order valence-electron chi connectivity index (χ1n) is 8.06. The lowest BCUT2D eigenvalue weighted by molar-refractivity contribution is 0.0592. The summed E-state index contributed by atoms with van der Waals surface area (Å²) in [6, 6.07) is 11.0. The minimum absolute atomic E-state index is 0.0583. The Balaban J connectivity index is 1.59. The molecule has 1 atom stereocenters. The Hall–Kier alpha value is -2.89. The minimum Gasteiger partial charge on any atom is -0.361 e. The van der Waals surface area contributed by atoms with E-state index in [0.29, 0.717) is 24.2 Å². The first kappa shape index (κ1) is 14.7. The Morgan fingerprint density at radius 1 is 1.17 bits per heavy atom. The Kier molecular flexibility index (Phi) is 3.45. The van der Waals surface area contributed by atoms with Gasteiger partial charge in [-0.1, -0.05) is 12.1 Å². The summed E-state index contributed by atoms with van der Waals surface area (Å²) in [4.78, 5) is 30.9. The van der Waals surface area contributed by atoms with E-state index in [-0.39, 0.29) is 11.8 Å². The van der Waals surface area contributed by atoms with Crippen molar-refractivity contribution < 1.29 is 9.59 Å². The SMILES string of the molecule is O=C1NC2(CCCN(C(=O)c3cccnc3)C2)Nc2ccccc21. The highest BCUT2D eigenvalue weighted by Gasteiger charge is 2.42. The van der Waals surface area contributed by atoms with Crippen molar-refractivity contribution >= 4 is 17.5 Å². The van der Waals surface area contributed by atoms with Crippen molar-refractivity contribution in [2.24, 2.45) is 0 Å². The highest BCUT2D eigenvalue weighted by molar-refractivity contribution is 6.02. The average Bonchev–Trinajstić information content (AvgIpc) is 2.62. The number of hydrogen-bond acceptors (Lipinski definition) is 4. The molecule has 0 aliphatic carbocycles. The number of likely N-dealkylation sites (tertiary alicyclic amines) is 1. The van der Waals surface area contributed by atoms with Gasteiger partial charge in [-0.15, -0.1) is 0 Å². The highest BCUT2D eigenvalue weighted by Crippen LogP contribution is 2.30. The van der Waals surface area contributed by atoms with Gasteiger partial charge in [-0.25, -0.2) is 0 Å². The Labute approximate surface area is 139 Å². The number of carbonyl (C=O) groups is 2. The van der Waals surface area contributed by atoms with Gasteiger partial charge in [0, 0.05) is 24.6 Å². The molecule has 0 bridgehead atoms. The molecule has 3 heterocycles. The van der Waals surface area contributed by atoms with Crippen LogP contribution < -0.4 is 10.6 Å². The number of rotatable bonds is 1. The maximum absolute atomic E-state index is 12.7. The number of amides is 2. The van der Waals surface area contributed by atoms with Gasteiger partial charge in [0.15, 0.2) is 0 Å². The maximum Gasteiger partial charge on any atom is 0.255 e. The molecule has 6 nitrogen and oxygen atoms in total. The van der Waals surface area contributed by atoms with Crippen LogP contribution in [0.3, 0.4) is 0 Å². The van der Waals surface area contributed by atoms with Gasteiger partial charge in [0.25, 0.3) is 11.8 Å². The van der Waals surface area contributed by atoms with Crippen molar-refractivity contribution in [1.29, 1.82) is 0 Å². The summed E-state index contributed by atoms with van der Waals surface area (Å²) in [6.45, 7) is 1.11. The van der Waals surface area contributed by atoms with Gasteiger partial charge in [-0.2, -0.15) is 0 Å². The van der Waals surface area contributed by atoms with Gasteiger partial charge in [0.05, 0.1) is 17.7 Å². The standard InChI is InChI=1S/C18H18N4O2/c23-16-14-6-1-2-7-15(14)20-18(21-16)8-4-10-22(12-18)17(24)13-5-3-9-19-11-13/h1-3,5-7,9,11,20H,4,8,10,12H2,(H,21,23). The van der Waals surface area contributed by atoms with E-state index in [1.807, 2.05) is 18.2 Å². The van der Waals surface area contributed by atoms with E-state index >= 15 is 0 Å². The number of para-hydroxylation sites is 1. The molecule has 1 aromatic heterocycles. The average molecular weight is 322 g/mol. The van der Waals surface area contributed by atoms with Crippen LogP contribution in [-0.4, -0.2) is 40.5 Å². The number of benzene rings is 1. The summed E-state index contributed by atoms with van der Waals surface area (Å²) >= 11 is 0. The van der Waals surface area contributed by atoms with Crippen LogP contribution in [0.15, 0.2) is 48.8 Å². The molecule has 1 aromatic carbocycles. The number of nitrogens with zero attached hydrogens (tertiary/aromatic N) is 2. The Morgan fingerprint density at radius 2 is 2.04 bits per heavy atom. The molecular formula is C18H18N4O2. The van der Waals surface area contributed by atoms with Crippen LogP contribution >= 0.6 is 0 Å². The summed E-state index contributed by atoms with van der Waals surface area (Å²) in [6.07, 6.45) is 4.82. The molecule has 1 spiro atoms. The van der Waals surface area contributed by atoms with Crippen molar-refractivity contribution in [2.75, 3.05) is 18.4 Å². The van der Waals surface area contributed by atoms with Gasteiger partial charge < -0.3 is 15.5 Å². The molecule has 2 N–H and O–H groups in total. The fraction of sp³-hybridized carbons (Fsp3) is 0.278.